The van der Waals surface area contributed by atoms with Gasteiger partial charge in [0.1, 0.15) is 17.1 Å². The SMILES string of the molecule is CC1(C)Oc2ccccc2[C@H]2O[C@H]3CCN(Cc4ccccc4OCC(=O)O)[C@@H]3C[C@@H]21. The van der Waals surface area contributed by atoms with Crippen LogP contribution in [0.25, 0.3) is 0 Å². The fourth-order valence-electron chi connectivity index (χ4n) is 5.45. The van der Waals surface area contributed by atoms with E-state index in [9.17, 15) is 4.79 Å². The van der Waals surface area contributed by atoms with Gasteiger partial charge in [-0.05, 0) is 38.8 Å². The Morgan fingerprint density at radius 3 is 2.81 bits per heavy atom. The van der Waals surface area contributed by atoms with Crippen LogP contribution in [0.4, 0.5) is 0 Å². The largest absolute Gasteiger partial charge is 0.487 e. The van der Waals surface area contributed by atoms with Crippen molar-refractivity contribution in [1.82, 2.24) is 4.90 Å². The second-order valence-electron chi connectivity index (χ2n) is 9.30. The van der Waals surface area contributed by atoms with E-state index in [0.29, 0.717) is 11.8 Å². The van der Waals surface area contributed by atoms with Gasteiger partial charge in [0.15, 0.2) is 6.61 Å². The summed E-state index contributed by atoms with van der Waals surface area (Å²) in [4.78, 5) is 13.4. The zero-order valence-corrected chi connectivity index (χ0v) is 18.0. The highest BCUT2D eigenvalue weighted by Crippen LogP contribution is 2.52. The summed E-state index contributed by atoms with van der Waals surface area (Å²) in [5.41, 5.74) is 1.87. The number of aliphatic carboxylic acids is 1. The molecule has 0 spiro atoms. The quantitative estimate of drug-likeness (QED) is 0.783. The van der Waals surface area contributed by atoms with E-state index in [1.54, 1.807) is 0 Å². The van der Waals surface area contributed by atoms with Gasteiger partial charge in [-0.2, -0.15) is 0 Å². The second-order valence-corrected chi connectivity index (χ2v) is 9.30. The Labute approximate surface area is 182 Å². The Morgan fingerprint density at radius 1 is 1.19 bits per heavy atom. The van der Waals surface area contributed by atoms with Crippen molar-refractivity contribution in [1.29, 1.82) is 0 Å². The first-order valence-electron chi connectivity index (χ1n) is 11.0. The lowest BCUT2D eigenvalue weighted by Gasteiger charge is -2.50. The van der Waals surface area contributed by atoms with Crippen LogP contribution in [0.1, 0.15) is 43.9 Å². The van der Waals surface area contributed by atoms with Crippen molar-refractivity contribution in [3.8, 4) is 11.5 Å². The maximum Gasteiger partial charge on any atom is 0.341 e. The molecule has 6 nitrogen and oxygen atoms in total. The van der Waals surface area contributed by atoms with Crippen LogP contribution in [0.3, 0.4) is 0 Å². The number of ether oxygens (including phenoxy) is 3. The van der Waals surface area contributed by atoms with E-state index in [1.807, 2.05) is 36.4 Å². The number of hydrogen-bond donors (Lipinski definition) is 1. The monoisotopic (exact) mass is 423 g/mol. The zero-order chi connectivity index (χ0) is 21.6. The van der Waals surface area contributed by atoms with Gasteiger partial charge in [0.25, 0.3) is 0 Å². The van der Waals surface area contributed by atoms with E-state index in [4.69, 9.17) is 19.3 Å². The third-order valence-corrected chi connectivity index (χ3v) is 6.97. The summed E-state index contributed by atoms with van der Waals surface area (Å²) in [6.07, 6.45) is 2.26. The molecule has 2 fully saturated rings. The Bertz CT molecular complexity index is 974. The number of likely N-dealkylation sites (tertiary alicyclic amines) is 1. The van der Waals surface area contributed by atoms with Crippen LogP contribution < -0.4 is 9.47 Å². The highest BCUT2D eigenvalue weighted by atomic mass is 16.5. The van der Waals surface area contributed by atoms with E-state index < -0.39 is 5.97 Å². The zero-order valence-electron chi connectivity index (χ0n) is 18.0. The van der Waals surface area contributed by atoms with E-state index >= 15 is 0 Å². The van der Waals surface area contributed by atoms with Crippen molar-refractivity contribution in [2.24, 2.45) is 5.92 Å². The van der Waals surface area contributed by atoms with Crippen LogP contribution in [0.5, 0.6) is 11.5 Å². The number of carboxylic acids is 1. The fraction of sp³-hybridized carbons (Fsp3) is 0.480. The second kappa shape index (κ2) is 7.84. The van der Waals surface area contributed by atoms with Gasteiger partial charge >= 0.3 is 5.97 Å². The smallest absolute Gasteiger partial charge is 0.341 e. The first-order chi connectivity index (χ1) is 14.9. The molecule has 0 amide bonds. The summed E-state index contributed by atoms with van der Waals surface area (Å²) in [5, 5.41) is 8.97. The predicted molar refractivity (Wildman–Crippen MR) is 115 cm³/mol. The van der Waals surface area contributed by atoms with E-state index in [-0.39, 0.29) is 30.3 Å². The van der Waals surface area contributed by atoms with Crippen molar-refractivity contribution >= 4 is 5.97 Å². The molecule has 0 radical (unpaired) electrons. The molecule has 5 rings (SSSR count). The molecule has 2 aromatic rings. The maximum atomic E-state index is 10.9. The van der Waals surface area contributed by atoms with Gasteiger partial charge in [0.2, 0.25) is 0 Å². The van der Waals surface area contributed by atoms with E-state index in [2.05, 4.69) is 30.9 Å². The molecule has 0 aliphatic carbocycles. The molecular formula is C25H29NO5. The summed E-state index contributed by atoms with van der Waals surface area (Å²) < 4.78 is 18.6. The van der Waals surface area contributed by atoms with Gasteiger partial charge in [0.05, 0.1) is 12.2 Å². The molecule has 0 unspecified atom stereocenters. The molecule has 0 bridgehead atoms. The minimum Gasteiger partial charge on any atom is -0.487 e. The fourth-order valence-corrected chi connectivity index (χ4v) is 5.45. The van der Waals surface area contributed by atoms with Crippen LogP contribution in [-0.4, -0.2) is 46.9 Å². The molecule has 4 atom stereocenters. The Balaban J connectivity index is 1.36. The first kappa shape index (κ1) is 20.3. The lowest BCUT2D eigenvalue weighted by Crippen LogP contribution is -2.53. The molecule has 0 saturated carbocycles. The standard InChI is InChI=1S/C25H29NO5/c1-25(2)18-13-19-22(30-24(18)17-8-4-6-10-21(17)31-25)11-12-26(19)14-16-7-3-5-9-20(16)29-15-23(27)28/h3-10,18-19,22,24H,11-15H2,1-2H3,(H,27,28)/t18-,19+,22-,24+/m0/s1. The van der Waals surface area contributed by atoms with Crippen molar-refractivity contribution < 1.29 is 24.1 Å². The molecule has 3 aliphatic heterocycles. The molecular weight excluding hydrogens is 394 g/mol. The van der Waals surface area contributed by atoms with Gasteiger partial charge in [-0.3, -0.25) is 4.90 Å². The van der Waals surface area contributed by atoms with Gasteiger partial charge in [-0.25, -0.2) is 4.79 Å². The van der Waals surface area contributed by atoms with Crippen LogP contribution in [0.15, 0.2) is 48.5 Å². The van der Waals surface area contributed by atoms with E-state index in [0.717, 1.165) is 42.8 Å². The number of carboxylic acid groups (broad SMARTS) is 1. The number of rotatable bonds is 5. The summed E-state index contributed by atoms with van der Waals surface area (Å²) in [7, 11) is 0. The van der Waals surface area contributed by atoms with E-state index in [1.165, 1.54) is 0 Å². The molecule has 2 aromatic carbocycles. The van der Waals surface area contributed by atoms with Gasteiger partial charge in [-0.15, -0.1) is 0 Å². The number of benzene rings is 2. The van der Waals surface area contributed by atoms with Crippen LogP contribution >= 0.6 is 0 Å². The average molecular weight is 424 g/mol. The lowest BCUT2D eigenvalue weighted by atomic mass is 9.74. The van der Waals surface area contributed by atoms with Crippen molar-refractivity contribution in [2.75, 3.05) is 13.2 Å². The minimum atomic E-state index is -0.970. The first-order valence-corrected chi connectivity index (χ1v) is 11.0. The molecule has 1 N–H and O–H groups in total. The number of fused-ring (bicyclic) bond motifs is 4. The highest BCUT2D eigenvalue weighted by Gasteiger charge is 2.52. The summed E-state index contributed by atoms with van der Waals surface area (Å²) in [6, 6.07) is 16.3. The van der Waals surface area contributed by atoms with Gasteiger partial charge in [0, 0.05) is 36.2 Å². The molecule has 164 valence electrons. The average Bonchev–Trinajstić information content (AvgIpc) is 3.14. The molecule has 31 heavy (non-hydrogen) atoms. The third kappa shape index (κ3) is 3.79. The highest BCUT2D eigenvalue weighted by molar-refractivity contribution is 5.68. The van der Waals surface area contributed by atoms with Crippen molar-refractivity contribution in [3.63, 3.8) is 0 Å². The molecule has 0 aromatic heterocycles. The lowest BCUT2D eigenvalue weighted by molar-refractivity contribution is -0.162. The summed E-state index contributed by atoms with van der Waals surface area (Å²) >= 11 is 0. The topological polar surface area (TPSA) is 68.2 Å². The third-order valence-electron chi connectivity index (χ3n) is 6.97. The van der Waals surface area contributed by atoms with Gasteiger partial charge < -0.3 is 19.3 Å². The number of hydrogen-bond acceptors (Lipinski definition) is 5. The molecule has 6 heteroatoms. The Kier molecular flexibility index (Phi) is 5.15. The molecule has 3 aliphatic rings. The number of nitrogens with zero attached hydrogens (tertiary/aromatic N) is 1. The summed E-state index contributed by atoms with van der Waals surface area (Å²) in [5.74, 6) is 0.870. The Morgan fingerprint density at radius 2 is 1.97 bits per heavy atom. The predicted octanol–water partition coefficient (Wildman–Crippen LogP) is 4.04. The van der Waals surface area contributed by atoms with Gasteiger partial charge in [-0.1, -0.05) is 36.4 Å². The molecule has 2 saturated heterocycles. The van der Waals surface area contributed by atoms with Crippen LogP contribution in [0, 0.1) is 5.92 Å². The van der Waals surface area contributed by atoms with Crippen molar-refractivity contribution in [2.45, 2.75) is 57.1 Å². The van der Waals surface area contributed by atoms with Crippen molar-refractivity contribution in [3.05, 3.63) is 59.7 Å². The number of carbonyl (C=O) groups is 1. The Hall–Kier alpha value is -2.57. The minimum absolute atomic E-state index is 0.0623. The summed E-state index contributed by atoms with van der Waals surface area (Å²) in [6.45, 7) is 5.67. The van der Waals surface area contributed by atoms with Crippen LogP contribution in [0.2, 0.25) is 0 Å². The van der Waals surface area contributed by atoms with Crippen LogP contribution in [-0.2, 0) is 16.1 Å². The molecule has 3 heterocycles. The maximum absolute atomic E-state index is 10.9. The number of para-hydroxylation sites is 2. The normalized spacial score (nSPS) is 28.7.